The Hall–Kier alpha value is -3.17. The maximum absolute atomic E-state index is 13.6. The van der Waals surface area contributed by atoms with Crippen LogP contribution in [0.4, 0.5) is 10.1 Å². The standard InChI is InChI=1S/C21H18FN3O4S/c1-29-10-9-24-16-6-5-14(22)12-17(16)30-21(24)23-20(28)13-3-2-4-15(11-13)25-18(26)7-8-19(25)27/h2-6,11-12H,7-10H2,1H3. The molecule has 1 aromatic heterocycles. The second-order valence-corrected chi connectivity index (χ2v) is 7.74. The highest BCUT2D eigenvalue weighted by atomic mass is 32.1. The number of methoxy groups -OCH3 is 1. The fourth-order valence-electron chi connectivity index (χ4n) is 3.33. The summed E-state index contributed by atoms with van der Waals surface area (Å²) in [4.78, 5) is 42.6. The van der Waals surface area contributed by atoms with Crippen molar-refractivity contribution >= 4 is 45.0 Å². The third-order valence-corrected chi connectivity index (χ3v) is 5.80. The molecule has 0 N–H and O–H groups in total. The summed E-state index contributed by atoms with van der Waals surface area (Å²) in [6, 6.07) is 10.7. The first-order chi connectivity index (χ1) is 14.5. The number of nitrogens with zero attached hydrogens (tertiary/aromatic N) is 3. The van der Waals surface area contributed by atoms with Gasteiger partial charge >= 0.3 is 0 Å². The number of hydrogen-bond acceptors (Lipinski definition) is 5. The van der Waals surface area contributed by atoms with E-state index in [0.29, 0.717) is 28.3 Å². The highest BCUT2D eigenvalue weighted by Crippen LogP contribution is 2.24. The fraction of sp³-hybridized carbons (Fsp3) is 0.238. The van der Waals surface area contributed by atoms with E-state index in [2.05, 4.69) is 4.99 Å². The fourth-order valence-corrected chi connectivity index (χ4v) is 4.40. The molecular formula is C21H18FN3O4S. The number of carbonyl (C=O) groups is 3. The lowest BCUT2D eigenvalue weighted by Crippen LogP contribution is -2.28. The molecule has 3 aromatic rings. The molecular weight excluding hydrogens is 409 g/mol. The van der Waals surface area contributed by atoms with Crippen molar-refractivity contribution < 1.29 is 23.5 Å². The Morgan fingerprint density at radius 3 is 2.67 bits per heavy atom. The number of aromatic nitrogens is 1. The SMILES string of the molecule is COCCn1c(=NC(=O)c2cccc(N3C(=O)CCC3=O)c2)sc2cc(F)ccc21. The van der Waals surface area contributed by atoms with Crippen molar-refractivity contribution in [3.05, 3.63) is 58.6 Å². The van der Waals surface area contributed by atoms with Gasteiger partial charge in [0.05, 0.1) is 22.5 Å². The molecule has 0 radical (unpaired) electrons. The number of benzene rings is 2. The van der Waals surface area contributed by atoms with E-state index in [-0.39, 0.29) is 36.0 Å². The van der Waals surface area contributed by atoms with Crippen LogP contribution in [0.5, 0.6) is 0 Å². The number of thiazole rings is 1. The molecule has 3 amide bonds. The van der Waals surface area contributed by atoms with Gasteiger partial charge in [-0.15, -0.1) is 0 Å². The van der Waals surface area contributed by atoms with Gasteiger partial charge in [0.25, 0.3) is 5.91 Å². The maximum atomic E-state index is 13.6. The number of hydrogen-bond donors (Lipinski definition) is 0. The Labute approximate surface area is 175 Å². The molecule has 1 saturated heterocycles. The van der Waals surface area contributed by atoms with Crippen LogP contribution in [0.15, 0.2) is 47.5 Å². The molecule has 7 nitrogen and oxygen atoms in total. The quantitative estimate of drug-likeness (QED) is 0.587. The van der Waals surface area contributed by atoms with E-state index < -0.39 is 5.91 Å². The second-order valence-electron chi connectivity index (χ2n) is 6.73. The molecule has 0 saturated carbocycles. The Balaban J connectivity index is 1.74. The van der Waals surface area contributed by atoms with E-state index in [0.717, 1.165) is 10.4 Å². The zero-order chi connectivity index (χ0) is 21.3. The zero-order valence-electron chi connectivity index (χ0n) is 16.1. The van der Waals surface area contributed by atoms with Crippen LogP contribution in [0.2, 0.25) is 0 Å². The first-order valence-corrected chi connectivity index (χ1v) is 10.1. The summed E-state index contributed by atoms with van der Waals surface area (Å²) in [6.07, 6.45) is 0.332. The molecule has 2 heterocycles. The van der Waals surface area contributed by atoms with Crippen molar-refractivity contribution in [2.24, 2.45) is 4.99 Å². The number of anilines is 1. The van der Waals surface area contributed by atoms with E-state index in [1.165, 1.54) is 29.5 Å². The molecule has 0 aliphatic carbocycles. The summed E-state index contributed by atoms with van der Waals surface area (Å²) in [5, 5.41) is 0. The van der Waals surface area contributed by atoms with Crippen LogP contribution in [0.3, 0.4) is 0 Å². The van der Waals surface area contributed by atoms with E-state index >= 15 is 0 Å². The molecule has 0 bridgehead atoms. The summed E-state index contributed by atoms with van der Waals surface area (Å²) < 4.78 is 21.2. The number of fused-ring (bicyclic) bond motifs is 1. The van der Waals surface area contributed by atoms with Crippen molar-refractivity contribution in [3.63, 3.8) is 0 Å². The van der Waals surface area contributed by atoms with Gasteiger partial charge in [-0.3, -0.25) is 19.3 Å². The minimum atomic E-state index is -0.519. The van der Waals surface area contributed by atoms with Gasteiger partial charge in [-0.05, 0) is 36.4 Å². The van der Waals surface area contributed by atoms with Gasteiger partial charge in [0.15, 0.2) is 4.80 Å². The molecule has 0 spiro atoms. The monoisotopic (exact) mass is 427 g/mol. The number of carbonyl (C=O) groups excluding carboxylic acids is 3. The van der Waals surface area contributed by atoms with Crippen LogP contribution in [0.1, 0.15) is 23.2 Å². The van der Waals surface area contributed by atoms with Gasteiger partial charge in [0.2, 0.25) is 11.8 Å². The van der Waals surface area contributed by atoms with Crippen molar-refractivity contribution in [1.82, 2.24) is 4.57 Å². The smallest absolute Gasteiger partial charge is 0.279 e. The van der Waals surface area contributed by atoms with Crippen molar-refractivity contribution in [2.75, 3.05) is 18.6 Å². The lowest BCUT2D eigenvalue weighted by atomic mass is 10.2. The Morgan fingerprint density at radius 1 is 1.17 bits per heavy atom. The van der Waals surface area contributed by atoms with Gasteiger partial charge < -0.3 is 9.30 Å². The predicted molar refractivity (Wildman–Crippen MR) is 110 cm³/mol. The van der Waals surface area contributed by atoms with Crippen LogP contribution in [-0.4, -0.2) is 36.0 Å². The van der Waals surface area contributed by atoms with Crippen molar-refractivity contribution in [2.45, 2.75) is 19.4 Å². The van der Waals surface area contributed by atoms with Gasteiger partial charge in [-0.25, -0.2) is 4.39 Å². The highest BCUT2D eigenvalue weighted by Gasteiger charge is 2.30. The summed E-state index contributed by atoms with van der Waals surface area (Å²) in [7, 11) is 1.57. The maximum Gasteiger partial charge on any atom is 0.279 e. The Kier molecular flexibility index (Phi) is 5.56. The van der Waals surface area contributed by atoms with Gasteiger partial charge in [0, 0.05) is 32.1 Å². The molecule has 30 heavy (non-hydrogen) atoms. The van der Waals surface area contributed by atoms with Crippen molar-refractivity contribution in [1.29, 1.82) is 0 Å². The topological polar surface area (TPSA) is 81.0 Å². The van der Waals surface area contributed by atoms with Gasteiger partial charge in [0.1, 0.15) is 5.82 Å². The van der Waals surface area contributed by atoms with Gasteiger partial charge in [-0.1, -0.05) is 17.4 Å². The average molecular weight is 427 g/mol. The highest BCUT2D eigenvalue weighted by molar-refractivity contribution is 7.16. The molecule has 154 valence electrons. The van der Waals surface area contributed by atoms with E-state index in [1.54, 1.807) is 35.9 Å². The van der Waals surface area contributed by atoms with Crippen LogP contribution in [0.25, 0.3) is 10.2 Å². The lowest BCUT2D eigenvalue weighted by Gasteiger charge is -2.14. The third kappa shape index (κ3) is 3.81. The van der Waals surface area contributed by atoms with Crippen molar-refractivity contribution in [3.8, 4) is 0 Å². The Bertz CT molecular complexity index is 1210. The molecule has 0 atom stereocenters. The van der Waals surface area contributed by atoms with Gasteiger partial charge in [-0.2, -0.15) is 4.99 Å². The number of ether oxygens (including phenoxy) is 1. The van der Waals surface area contributed by atoms with Crippen LogP contribution < -0.4 is 9.70 Å². The normalized spacial score (nSPS) is 14.9. The number of amides is 3. The Morgan fingerprint density at radius 2 is 1.93 bits per heavy atom. The molecule has 4 rings (SSSR count). The van der Waals surface area contributed by atoms with E-state index in [9.17, 15) is 18.8 Å². The second kappa shape index (κ2) is 8.29. The summed E-state index contributed by atoms with van der Waals surface area (Å²) in [6.45, 7) is 0.852. The van der Waals surface area contributed by atoms with Crippen LogP contribution >= 0.6 is 11.3 Å². The molecule has 2 aromatic carbocycles. The molecule has 1 aliphatic heterocycles. The summed E-state index contributed by atoms with van der Waals surface area (Å²) >= 11 is 1.20. The average Bonchev–Trinajstić information content (AvgIpc) is 3.24. The molecule has 0 unspecified atom stereocenters. The minimum absolute atomic E-state index is 0.166. The molecule has 1 aliphatic rings. The molecule has 1 fully saturated rings. The van der Waals surface area contributed by atoms with Crippen LogP contribution in [0, 0.1) is 5.82 Å². The number of halogens is 1. The third-order valence-electron chi connectivity index (χ3n) is 4.76. The lowest BCUT2D eigenvalue weighted by molar-refractivity contribution is -0.121. The summed E-state index contributed by atoms with van der Waals surface area (Å²) in [5.74, 6) is -1.46. The summed E-state index contributed by atoms with van der Waals surface area (Å²) in [5.41, 5.74) is 1.36. The number of imide groups is 1. The minimum Gasteiger partial charge on any atom is -0.383 e. The predicted octanol–water partition coefficient (Wildman–Crippen LogP) is 2.88. The largest absolute Gasteiger partial charge is 0.383 e. The van der Waals surface area contributed by atoms with E-state index in [4.69, 9.17) is 4.74 Å². The first kappa shape index (κ1) is 20.1. The van der Waals surface area contributed by atoms with Crippen LogP contribution in [-0.2, 0) is 20.9 Å². The number of rotatable bonds is 5. The first-order valence-electron chi connectivity index (χ1n) is 9.30. The van der Waals surface area contributed by atoms with E-state index in [1.807, 2.05) is 0 Å². The zero-order valence-corrected chi connectivity index (χ0v) is 16.9. The molecule has 9 heteroatoms.